The van der Waals surface area contributed by atoms with Gasteiger partial charge in [0.2, 0.25) is 0 Å². The van der Waals surface area contributed by atoms with Gasteiger partial charge in [-0.1, -0.05) is 12.1 Å². The highest BCUT2D eigenvalue weighted by Crippen LogP contribution is 2.38. The SMILES string of the molecule is CN1CC[C@@H](c2cc(=O)[nH]o2)C[C@H]1c1ccc(F)cc1. The topological polar surface area (TPSA) is 49.2 Å². The Labute approximate surface area is 116 Å². The van der Waals surface area contributed by atoms with Crippen LogP contribution < -0.4 is 5.56 Å². The van der Waals surface area contributed by atoms with Gasteiger partial charge in [-0.25, -0.2) is 4.39 Å². The van der Waals surface area contributed by atoms with Crippen LogP contribution in [0, 0.1) is 5.82 Å². The average Bonchev–Trinajstić information content (AvgIpc) is 2.87. The molecule has 0 spiro atoms. The lowest BCUT2D eigenvalue weighted by Crippen LogP contribution is -2.33. The van der Waals surface area contributed by atoms with E-state index in [0.717, 1.165) is 30.7 Å². The van der Waals surface area contributed by atoms with Crippen molar-refractivity contribution in [2.24, 2.45) is 0 Å². The molecule has 0 radical (unpaired) electrons. The zero-order chi connectivity index (χ0) is 14.1. The molecule has 1 aliphatic rings. The Morgan fingerprint density at radius 1 is 1.35 bits per heavy atom. The number of likely N-dealkylation sites (tertiary alicyclic amines) is 1. The third-order valence-electron chi connectivity index (χ3n) is 4.07. The minimum absolute atomic E-state index is 0.197. The summed E-state index contributed by atoms with van der Waals surface area (Å²) in [5.74, 6) is 0.718. The molecule has 2 atom stereocenters. The minimum Gasteiger partial charge on any atom is -0.383 e. The molecule has 4 nitrogen and oxygen atoms in total. The van der Waals surface area contributed by atoms with Crippen molar-refractivity contribution in [3.8, 4) is 0 Å². The first-order chi connectivity index (χ1) is 9.63. The van der Waals surface area contributed by atoms with Crippen LogP contribution in [0.4, 0.5) is 4.39 Å². The molecule has 1 fully saturated rings. The average molecular weight is 276 g/mol. The third-order valence-corrected chi connectivity index (χ3v) is 4.07. The predicted molar refractivity (Wildman–Crippen MR) is 73.1 cm³/mol. The second kappa shape index (κ2) is 5.25. The molecule has 0 amide bonds. The minimum atomic E-state index is -0.222. The van der Waals surface area contributed by atoms with Gasteiger partial charge < -0.3 is 4.52 Å². The second-order valence-electron chi connectivity index (χ2n) is 5.38. The summed E-state index contributed by atoms with van der Waals surface area (Å²) >= 11 is 0. The Kier molecular flexibility index (Phi) is 3.44. The third kappa shape index (κ3) is 2.54. The number of aromatic amines is 1. The predicted octanol–water partition coefficient (Wildman–Crippen LogP) is 2.66. The van der Waals surface area contributed by atoms with Crippen LogP contribution in [0.25, 0.3) is 0 Å². The number of halogens is 1. The van der Waals surface area contributed by atoms with E-state index in [-0.39, 0.29) is 23.3 Å². The number of hydrogen-bond acceptors (Lipinski definition) is 3. The van der Waals surface area contributed by atoms with Gasteiger partial charge in [0.15, 0.2) is 0 Å². The molecular weight excluding hydrogens is 259 g/mol. The van der Waals surface area contributed by atoms with Crippen molar-refractivity contribution in [3.05, 3.63) is 57.8 Å². The van der Waals surface area contributed by atoms with E-state index in [1.165, 1.54) is 18.2 Å². The van der Waals surface area contributed by atoms with Gasteiger partial charge in [0, 0.05) is 18.0 Å². The molecule has 0 aliphatic carbocycles. The first kappa shape index (κ1) is 13.1. The van der Waals surface area contributed by atoms with Crippen LogP contribution in [0.1, 0.15) is 36.1 Å². The van der Waals surface area contributed by atoms with Crippen molar-refractivity contribution in [3.63, 3.8) is 0 Å². The van der Waals surface area contributed by atoms with Crippen LogP contribution in [-0.2, 0) is 0 Å². The van der Waals surface area contributed by atoms with Gasteiger partial charge in [-0.2, -0.15) is 5.16 Å². The first-order valence-electron chi connectivity index (χ1n) is 6.77. The number of benzene rings is 1. The van der Waals surface area contributed by atoms with Gasteiger partial charge in [-0.15, -0.1) is 0 Å². The zero-order valence-electron chi connectivity index (χ0n) is 11.3. The Morgan fingerprint density at radius 3 is 2.75 bits per heavy atom. The van der Waals surface area contributed by atoms with Crippen LogP contribution in [-0.4, -0.2) is 23.6 Å². The molecule has 5 heteroatoms. The van der Waals surface area contributed by atoms with Crippen molar-refractivity contribution < 1.29 is 8.91 Å². The lowest BCUT2D eigenvalue weighted by Gasteiger charge is -2.36. The van der Waals surface area contributed by atoms with Crippen molar-refractivity contribution in [2.75, 3.05) is 13.6 Å². The van der Waals surface area contributed by atoms with E-state index in [9.17, 15) is 9.18 Å². The fourth-order valence-electron chi connectivity index (χ4n) is 2.92. The molecule has 1 saturated heterocycles. The maximum absolute atomic E-state index is 13.0. The number of aromatic nitrogens is 1. The number of rotatable bonds is 2. The summed E-state index contributed by atoms with van der Waals surface area (Å²) in [6.07, 6.45) is 1.82. The molecule has 1 aromatic heterocycles. The quantitative estimate of drug-likeness (QED) is 0.917. The molecular formula is C15H17FN2O2. The summed E-state index contributed by atoms with van der Waals surface area (Å²) in [6, 6.07) is 8.37. The lowest BCUT2D eigenvalue weighted by molar-refractivity contribution is 0.157. The fraction of sp³-hybridized carbons (Fsp3) is 0.400. The summed E-state index contributed by atoms with van der Waals surface area (Å²) in [6.45, 7) is 0.918. The summed E-state index contributed by atoms with van der Waals surface area (Å²) in [4.78, 5) is 13.4. The summed E-state index contributed by atoms with van der Waals surface area (Å²) < 4.78 is 18.3. The molecule has 0 bridgehead atoms. The first-order valence-corrected chi connectivity index (χ1v) is 6.77. The van der Waals surface area contributed by atoms with E-state index < -0.39 is 0 Å². The highest BCUT2D eigenvalue weighted by Gasteiger charge is 2.30. The highest BCUT2D eigenvalue weighted by molar-refractivity contribution is 5.22. The molecule has 1 aliphatic heterocycles. The molecule has 1 N–H and O–H groups in total. The van der Waals surface area contributed by atoms with Crippen molar-refractivity contribution in [2.45, 2.75) is 24.8 Å². The number of piperidine rings is 1. The molecule has 2 heterocycles. The lowest BCUT2D eigenvalue weighted by atomic mass is 9.86. The second-order valence-corrected chi connectivity index (χ2v) is 5.38. The van der Waals surface area contributed by atoms with Crippen LogP contribution in [0.3, 0.4) is 0 Å². The summed E-state index contributed by atoms with van der Waals surface area (Å²) in [7, 11) is 2.07. The van der Waals surface area contributed by atoms with Crippen molar-refractivity contribution in [1.82, 2.24) is 10.1 Å². The number of hydrogen-bond donors (Lipinski definition) is 1. The van der Waals surface area contributed by atoms with Gasteiger partial charge in [0.1, 0.15) is 11.6 Å². The van der Waals surface area contributed by atoms with Gasteiger partial charge in [-0.05, 0) is 44.1 Å². The molecule has 3 rings (SSSR count). The van der Waals surface area contributed by atoms with Crippen LogP contribution in [0.2, 0.25) is 0 Å². The fourth-order valence-corrected chi connectivity index (χ4v) is 2.92. The molecule has 2 aromatic rings. The van der Waals surface area contributed by atoms with Crippen molar-refractivity contribution >= 4 is 0 Å². The normalized spacial score (nSPS) is 23.9. The van der Waals surface area contributed by atoms with Gasteiger partial charge in [0.25, 0.3) is 5.56 Å². The van der Waals surface area contributed by atoms with Gasteiger partial charge in [0.05, 0.1) is 0 Å². The monoisotopic (exact) mass is 276 g/mol. The largest absolute Gasteiger partial charge is 0.383 e. The van der Waals surface area contributed by atoms with Gasteiger partial charge in [-0.3, -0.25) is 9.69 Å². The van der Waals surface area contributed by atoms with Crippen LogP contribution >= 0.6 is 0 Å². The van der Waals surface area contributed by atoms with E-state index in [0.29, 0.717) is 0 Å². The molecule has 1 aromatic carbocycles. The van der Waals surface area contributed by atoms with E-state index in [1.54, 1.807) is 0 Å². The van der Waals surface area contributed by atoms with E-state index >= 15 is 0 Å². The molecule has 106 valence electrons. The number of H-pyrrole nitrogens is 1. The van der Waals surface area contributed by atoms with E-state index in [2.05, 4.69) is 17.1 Å². The van der Waals surface area contributed by atoms with Gasteiger partial charge >= 0.3 is 0 Å². The maximum Gasteiger partial charge on any atom is 0.280 e. The zero-order valence-corrected chi connectivity index (χ0v) is 11.3. The number of nitrogens with zero attached hydrogens (tertiary/aromatic N) is 1. The summed E-state index contributed by atoms with van der Waals surface area (Å²) in [5, 5.41) is 2.35. The van der Waals surface area contributed by atoms with E-state index in [4.69, 9.17) is 4.52 Å². The smallest absolute Gasteiger partial charge is 0.280 e. The Morgan fingerprint density at radius 2 is 2.10 bits per heavy atom. The molecule has 0 saturated carbocycles. The highest BCUT2D eigenvalue weighted by atomic mass is 19.1. The Bertz CT molecular complexity index is 632. The Hall–Kier alpha value is -1.88. The van der Waals surface area contributed by atoms with Crippen LogP contribution in [0.5, 0.6) is 0 Å². The standard InChI is InChI=1S/C15H17FN2O2/c1-18-7-6-11(14-9-15(19)17-20-14)8-13(18)10-2-4-12(16)5-3-10/h2-5,9,11,13H,6-8H2,1H3,(H,17,19)/t11-,13+/m1/s1. The van der Waals surface area contributed by atoms with Crippen LogP contribution in [0.15, 0.2) is 39.6 Å². The molecule has 0 unspecified atom stereocenters. The molecule has 20 heavy (non-hydrogen) atoms. The Balaban J connectivity index is 1.83. The number of nitrogens with one attached hydrogen (secondary N) is 1. The summed E-state index contributed by atoms with van der Waals surface area (Å²) in [5.41, 5.74) is 0.897. The maximum atomic E-state index is 13.0. The van der Waals surface area contributed by atoms with Crippen molar-refractivity contribution in [1.29, 1.82) is 0 Å². The van der Waals surface area contributed by atoms with E-state index in [1.807, 2.05) is 12.1 Å².